The number of aromatic nitrogens is 2. The number of rotatable bonds is 6. The minimum Gasteiger partial charge on any atom is -0.353 e. The molecule has 0 unspecified atom stereocenters. The second-order valence-corrected chi connectivity index (χ2v) is 7.53. The van der Waals surface area contributed by atoms with E-state index < -0.39 is 0 Å². The van der Waals surface area contributed by atoms with Crippen LogP contribution in [-0.2, 0) is 6.42 Å². The fraction of sp³-hybridized carbons (Fsp3) is 0.375. The van der Waals surface area contributed by atoms with Gasteiger partial charge in [-0.05, 0) is 22.8 Å². The number of hydrogen-bond acceptors (Lipinski definition) is 6. The fourth-order valence-electron chi connectivity index (χ4n) is 2.33. The van der Waals surface area contributed by atoms with Gasteiger partial charge < -0.3 is 10.2 Å². The summed E-state index contributed by atoms with van der Waals surface area (Å²) in [7, 11) is 3.56. The predicted molar refractivity (Wildman–Crippen MR) is 95.6 cm³/mol. The molecule has 4 nitrogen and oxygen atoms in total. The van der Waals surface area contributed by atoms with Gasteiger partial charge in [-0.3, -0.25) is 4.98 Å². The molecular weight excluding hydrogens is 312 g/mol. The zero-order valence-corrected chi connectivity index (χ0v) is 14.1. The van der Waals surface area contributed by atoms with E-state index in [1.807, 2.05) is 23.2 Å². The summed E-state index contributed by atoms with van der Waals surface area (Å²) in [5.74, 6) is 2.07. The summed E-state index contributed by atoms with van der Waals surface area (Å²) in [4.78, 5) is 11.4. The molecule has 1 fully saturated rings. The molecule has 0 bridgehead atoms. The van der Waals surface area contributed by atoms with Crippen LogP contribution in [0.15, 0.2) is 47.8 Å². The molecule has 1 aromatic heterocycles. The molecule has 1 aromatic carbocycles. The Morgan fingerprint density at radius 3 is 2.73 bits per heavy atom. The van der Waals surface area contributed by atoms with E-state index in [-0.39, 0.29) is 0 Å². The maximum atomic E-state index is 4.72. The van der Waals surface area contributed by atoms with Crippen molar-refractivity contribution < 1.29 is 0 Å². The van der Waals surface area contributed by atoms with Crippen LogP contribution in [0.3, 0.4) is 0 Å². The van der Waals surface area contributed by atoms with Crippen molar-refractivity contribution in [3.8, 4) is 0 Å². The summed E-state index contributed by atoms with van der Waals surface area (Å²) in [6.45, 7) is 4.05. The first-order valence-electron chi connectivity index (χ1n) is 7.53. The molecule has 6 heteroatoms. The first kappa shape index (κ1) is 15.6. The molecule has 2 heterocycles. The normalized spacial score (nSPS) is 15.0. The van der Waals surface area contributed by atoms with Gasteiger partial charge in [-0.2, -0.15) is 0 Å². The van der Waals surface area contributed by atoms with Crippen LogP contribution in [0.25, 0.3) is 0 Å². The Bertz CT molecular complexity index is 573. The van der Waals surface area contributed by atoms with Gasteiger partial charge >= 0.3 is 0 Å². The molecule has 0 aliphatic carbocycles. The van der Waals surface area contributed by atoms with Crippen LogP contribution < -0.4 is 10.2 Å². The van der Waals surface area contributed by atoms with Crippen LogP contribution >= 0.6 is 21.6 Å². The molecule has 0 atom stereocenters. The highest BCUT2D eigenvalue weighted by atomic mass is 33.1. The molecular formula is C16H20N4S2. The SMILES string of the molecule is c1ccc(CCSSc2cncc(N3CCNCC3)n2)cc1. The van der Waals surface area contributed by atoms with Gasteiger partial charge in [0.15, 0.2) is 0 Å². The Balaban J connectivity index is 1.48. The van der Waals surface area contributed by atoms with Crippen molar-refractivity contribution in [2.24, 2.45) is 0 Å². The average Bonchev–Trinajstić information content (AvgIpc) is 2.61. The first-order chi connectivity index (χ1) is 10.9. The van der Waals surface area contributed by atoms with Crippen molar-refractivity contribution in [3.05, 3.63) is 48.3 Å². The molecule has 0 saturated carbocycles. The molecule has 2 aromatic rings. The molecule has 1 aliphatic heterocycles. The van der Waals surface area contributed by atoms with Crippen molar-refractivity contribution in [1.82, 2.24) is 15.3 Å². The molecule has 22 heavy (non-hydrogen) atoms. The summed E-state index contributed by atoms with van der Waals surface area (Å²) < 4.78 is 0. The molecule has 1 saturated heterocycles. The Morgan fingerprint density at radius 2 is 1.91 bits per heavy atom. The van der Waals surface area contributed by atoms with E-state index in [1.54, 1.807) is 10.8 Å². The molecule has 0 spiro atoms. The van der Waals surface area contributed by atoms with E-state index in [0.717, 1.165) is 49.2 Å². The summed E-state index contributed by atoms with van der Waals surface area (Å²) >= 11 is 0. The minimum absolute atomic E-state index is 0.995. The molecule has 1 N–H and O–H groups in total. The van der Waals surface area contributed by atoms with Crippen LogP contribution in [0.5, 0.6) is 0 Å². The highest BCUT2D eigenvalue weighted by molar-refractivity contribution is 8.76. The van der Waals surface area contributed by atoms with Crippen molar-refractivity contribution in [2.45, 2.75) is 11.4 Å². The third-order valence-electron chi connectivity index (χ3n) is 3.50. The molecule has 0 amide bonds. The van der Waals surface area contributed by atoms with Crippen LogP contribution in [-0.4, -0.2) is 41.9 Å². The van der Waals surface area contributed by atoms with E-state index in [9.17, 15) is 0 Å². The van der Waals surface area contributed by atoms with E-state index in [2.05, 4.69) is 45.5 Å². The highest BCUT2D eigenvalue weighted by Gasteiger charge is 2.12. The summed E-state index contributed by atoms with van der Waals surface area (Å²) in [6.07, 6.45) is 4.80. The van der Waals surface area contributed by atoms with Gasteiger partial charge in [0.2, 0.25) is 0 Å². The maximum Gasteiger partial charge on any atom is 0.148 e. The average molecular weight is 332 g/mol. The number of benzene rings is 1. The lowest BCUT2D eigenvalue weighted by molar-refractivity contribution is 0.583. The second kappa shape index (κ2) is 8.41. The minimum atomic E-state index is 0.995. The number of hydrogen-bond donors (Lipinski definition) is 1. The van der Waals surface area contributed by atoms with Gasteiger partial charge in [0, 0.05) is 31.9 Å². The lowest BCUT2D eigenvalue weighted by Crippen LogP contribution is -2.43. The Kier molecular flexibility index (Phi) is 5.98. The van der Waals surface area contributed by atoms with Gasteiger partial charge in [-0.15, -0.1) is 0 Å². The first-order valence-corrected chi connectivity index (χ1v) is 9.85. The Hall–Kier alpha value is -1.24. The Morgan fingerprint density at radius 1 is 1.09 bits per heavy atom. The monoisotopic (exact) mass is 332 g/mol. The van der Waals surface area contributed by atoms with Crippen molar-refractivity contribution in [1.29, 1.82) is 0 Å². The lowest BCUT2D eigenvalue weighted by atomic mass is 10.2. The third-order valence-corrected chi connectivity index (χ3v) is 5.72. The van der Waals surface area contributed by atoms with Gasteiger partial charge in [-0.25, -0.2) is 4.98 Å². The number of nitrogens with one attached hydrogen (secondary N) is 1. The summed E-state index contributed by atoms with van der Waals surface area (Å²) in [5.41, 5.74) is 1.39. The quantitative estimate of drug-likeness (QED) is 0.648. The van der Waals surface area contributed by atoms with Crippen LogP contribution in [0.1, 0.15) is 5.56 Å². The standard InChI is InChI=1S/C16H20N4S2/c1-2-4-14(5-3-1)6-11-21-22-16-13-18-12-15(19-16)20-9-7-17-8-10-20/h1-5,12-13,17H,6-11H2. The topological polar surface area (TPSA) is 41.1 Å². The summed E-state index contributed by atoms with van der Waals surface area (Å²) in [5, 5.41) is 4.35. The van der Waals surface area contributed by atoms with E-state index in [4.69, 9.17) is 4.98 Å². The van der Waals surface area contributed by atoms with Gasteiger partial charge in [0.25, 0.3) is 0 Å². The van der Waals surface area contributed by atoms with Crippen molar-refractivity contribution in [3.63, 3.8) is 0 Å². The number of anilines is 1. The number of aryl methyl sites for hydroxylation is 1. The van der Waals surface area contributed by atoms with Crippen LogP contribution in [0, 0.1) is 0 Å². The zero-order valence-electron chi connectivity index (χ0n) is 12.4. The van der Waals surface area contributed by atoms with Crippen LogP contribution in [0.4, 0.5) is 5.82 Å². The number of piperazine rings is 1. The molecule has 0 radical (unpaired) electrons. The van der Waals surface area contributed by atoms with Gasteiger partial charge in [-0.1, -0.05) is 41.1 Å². The lowest BCUT2D eigenvalue weighted by Gasteiger charge is -2.28. The summed E-state index contributed by atoms with van der Waals surface area (Å²) in [6, 6.07) is 10.6. The highest BCUT2D eigenvalue weighted by Crippen LogP contribution is 2.30. The van der Waals surface area contributed by atoms with Gasteiger partial charge in [0.05, 0.1) is 12.4 Å². The number of nitrogens with zero attached hydrogens (tertiary/aromatic N) is 3. The van der Waals surface area contributed by atoms with Crippen LogP contribution in [0.2, 0.25) is 0 Å². The second-order valence-electron chi connectivity index (χ2n) is 5.09. The zero-order chi connectivity index (χ0) is 15.0. The third kappa shape index (κ3) is 4.63. The molecule has 116 valence electrons. The smallest absolute Gasteiger partial charge is 0.148 e. The molecule has 3 rings (SSSR count). The van der Waals surface area contributed by atoms with E-state index in [1.165, 1.54) is 5.56 Å². The maximum absolute atomic E-state index is 4.72. The van der Waals surface area contributed by atoms with E-state index >= 15 is 0 Å². The van der Waals surface area contributed by atoms with Crippen molar-refractivity contribution >= 4 is 27.4 Å². The predicted octanol–water partition coefficient (Wildman–Crippen LogP) is 2.87. The van der Waals surface area contributed by atoms with Gasteiger partial charge in [0.1, 0.15) is 10.8 Å². The fourth-order valence-corrected chi connectivity index (χ4v) is 4.19. The Labute approximate surface area is 139 Å². The molecule has 1 aliphatic rings. The largest absolute Gasteiger partial charge is 0.353 e. The van der Waals surface area contributed by atoms with E-state index in [0.29, 0.717) is 0 Å². The van der Waals surface area contributed by atoms with Crippen molar-refractivity contribution in [2.75, 3.05) is 36.8 Å².